The van der Waals surface area contributed by atoms with Crippen molar-refractivity contribution in [3.8, 4) is 11.3 Å². The first-order valence-electron chi connectivity index (χ1n) is 6.64. The molecule has 1 saturated carbocycles. The highest BCUT2D eigenvalue weighted by atomic mass is 16.3. The number of nitrogens with one attached hydrogen (secondary N) is 1. The van der Waals surface area contributed by atoms with E-state index in [1.165, 1.54) is 37.8 Å². The van der Waals surface area contributed by atoms with Gasteiger partial charge in [0.1, 0.15) is 0 Å². The van der Waals surface area contributed by atoms with Gasteiger partial charge in [0.25, 0.3) is 0 Å². The molecule has 0 atom stereocenters. The van der Waals surface area contributed by atoms with Gasteiger partial charge < -0.3 is 9.73 Å². The normalized spacial score (nSPS) is 16.0. The highest BCUT2D eigenvalue weighted by molar-refractivity contribution is 5.60. The molecule has 3 nitrogen and oxygen atoms in total. The standard InChI is InChI=1S/C15H18N2O/c1-2-4-12(3-1)9-17-14-7-5-13(6-8-14)15-10-16-11-18-15/h5-8,10-12,17H,1-4,9H2. The van der Waals surface area contributed by atoms with Crippen LogP contribution in [0.5, 0.6) is 0 Å². The fourth-order valence-electron chi connectivity index (χ4n) is 2.59. The zero-order valence-electron chi connectivity index (χ0n) is 10.4. The van der Waals surface area contributed by atoms with Gasteiger partial charge >= 0.3 is 0 Å². The van der Waals surface area contributed by atoms with E-state index in [1.54, 1.807) is 6.20 Å². The van der Waals surface area contributed by atoms with Crippen LogP contribution in [0.4, 0.5) is 5.69 Å². The Morgan fingerprint density at radius 2 is 1.94 bits per heavy atom. The molecular formula is C15H18N2O. The van der Waals surface area contributed by atoms with Gasteiger partial charge in [-0.3, -0.25) is 0 Å². The molecule has 3 rings (SSSR count). The molecule has 0 spiro atoms. The molecule has 1 fully saturated rings. The maximum absolute atomic E-state index is 5.27. The number of nitrogens with zero attached hydrogens (tertiary/aromatic N) is 1. The first-order valence-corrected chi connectivity index (χ1v) is 6.64. The highest BCUT2D eigenvalue weighted by Gasteiger charge is 2.14. The molecule has 1 aliphatic carbocycles. The molecule has 0 bridgehead atoms. The van der Waals surface area contributed by atoms with Gasteiger partial charge in [0.2, 0.25) is 0 Å². The van der Waals surface area contributed by atoms with Gasteiger partial charge in [0.05, 0.1) is 6.20 Å². The molecule has 1 N–H and O–H groups in total. The lowest BCUT2D eigenvalue weighted by Gasteiger charge is -2.11. The summed E-state index contributed by atoms with van der Waals surface area (Å²) in [5, 5.41) is 3.51. The highest BCUT2D eigenvalue weighted by Crippen LogP contribution is 2.25. The van der Waals surface area contributed by atoms with Crippen LogP contribution in [0.3, 0.4) is 0 Å². The van der Waals surface area contributed by atoms with Gasteiger partial charge in [-0.1, -0.05) is 12.8 Å². The number of anilines is 1. The van der Waals surface area contributed by atoms with Gasteiger partial charge in [-0.2, -0.15) is 0 Å². The molecule has 0 aliphatic heterocycles. The van der Waals surface area contributed by atoms with E-state index in [1.807, 2.05) is 0 Å². The van der Waals surface area contributed by atoms with Crippen molar-refractivity contribution in [3.05, 3.63) is 36.9 Å². The summed E-state index contributed by atoms with van der Waals surface area (Å²) in [5.74, 6) is 1.68. The first-order chi connectivity index (χ1) is 8.92. The van der Waals surface area contributed by atoms with Gasteiger partial charge in [-0.15, -0.1) is 0 Å². The smallest absolute Gasteiger partial charge is 0.181 e. The summed E-state index contributed by atoms with van der Waals surface area (Å²) < 4.78 is 5.27. The lowest BCUT2D eigenvalue weighted by Crippen LogP contribution is -2.10. The molecule has 1 aliphatic rings. The minimum absolute atomic E-state index is 0.817. The van der Waals surface area contributed by atoms with Crippen LogP contribution >= 0.6 is 0 Å². The van der Waals surface area contributed by atoms with Crippen molar-refractivity contribution in [2.24, 2.45) is 5.92 Å². The number of hydrogen-bond acceptors (Lipinski definition) is 3. The average Bonchev–Trinajstić information content (AvgIpc) is 3.10. The maximum Gasteiger partial charge on any atom is 0.181 e. The molecule has 1 aromatic carbocycles. The van der Waals surface area contributed by atoms with Crippen LogP contribution < -0.4 is 5.32 Å². The third-order valence-electron chi connectivity index (χ3n) is 3.67. The van der Waals surface area contributed by atoms with Crippen LogP contribution in [-0.2, 0) is 0 Å². The Labute approximate surface area is 107 Å². The predicted octanol–water partition coefficient (Wildman–Crippen LogP) is 3.94. The number of oxazole rings is 1. The monoisotopic (exact) mass is 242 g/mol. The van der Waals surface area contributed by atoms with Crippen molar-refractivity contribution in [3.63, 3.8) is 0 Å². The Hall–Kier alpha value is -1.77. The van der Waals surface area contributed by atoms with Crippen molar-refractivity contribution in [1.82, 2.24) is 4.98 Å². The van der Waals surface area contributed by atoms with Crippen molar-refractivity contribution < 1.29 is 4.42 Å². The van der Waals surface area contributed by atoms with Gasteiger partial charge in [-0.05, 0) is 43.0 Å². The van der Waals surface area contributed by atoms with E-state index < -0.39 is 0 Å². The van der Waals surface area contributed by atoms with Crippen LogP contribution in [0.1, 0.15) is 25.7 Å². The maximum atomic E-state index is 5.27. The molecule has 0 unspecified atom stereocenters. The minimum Gasteiger partial charge on any atom is -0.444 e. The quantitative estimate of drug-likeness (QED) is 0.882. The van der Waals surface area contributed by atoms with Gasteiger partial charge in [0.15, 0.2) is 12.2 Å². The topological polar surface area (TPSA) is 38.1 Å². The number of rotatable bonds is 4. The molecule has 3 heteroatoms. The van der Waals surface area contributed by atoms with Crippen molar-refractivity contribution in [2.45, 2.75) is 25.7 Å². The number of hydrogen-bond donors (Lipinski definition) is 1. The molecule has 18 heavy (non-hydrogen) atoms. The van der Waals surface area contributed by atoms with Crippen LogP contribution in [0, 0.1) is 5.92 Å². The van der Waals surface area contributed by atoms with Crippen molar-refractivity contribution in [1.29, 1.82) is 0 Å². The Kier molecular flexibility index (Phi) is 3.31. The molecule has 0 radical (unpaired) electrons. The second kappa shape index (κ2) is 5.25. The van der Waals surface area contributed by atoms with E-state index >= 15 is 0 Å². The van der Waals surface area contributed by atoms with Gasteiger partial charge in [-0.25, -0.2) is 4.98 Å². The van der Waals surface area contributed by atoms with Crippen LogP contribution in [-0.4, -0.2) is 11.5 Å². The summed E-state index contributed by atoms with van der Waals surface area (Å²) >= 11 is 0. The van der Waals surface area contributed by atoms with E-state index in [0.29, 0.717) is 0 Å². The van der Waals surface area contributed by atoms with Crippen LogP contribution in [0.25, 0.3) is 11.3 Å². The molecular weight excluding hydrogens is 224 g/mol. The third-order valence-corrected chi connectivity index (χ3v) is 3.67. The zero-order valence-corrected chi connectivity index (χ0v) is 10.4. The molecule has 94 valence electrons. The Bertz CT molecular complexity index is 470. The second-order valence-corrected chi connectivity index (χ2v) is 4.97. The second-order valence-electron chi connectivity index (χ2n) is 4.97. The lowest BCUT2D eigenvalue weighted by molar-refractivity contribution is 0.572. The molecule has 0 amide bonds. The van der Waals surface area contributed by atoms with Crippen LogP contribution in [0.2, 0.25) is 0 Å². The molecule has 1 heterocycles. The van der Waals surface area contributed by atoms with E-state index in [0.717, 1.165) is 23.8 Å². The summed E-state index contributed by atoms with van der Waals surface area (Å²) in [7, 11) is 0. The summed E-state index contributed by atoms with van der Waals surface area (Å²) in [6.07, 6.45) is 8.75. The summed E-state index contributed by atoms with van der Waals surface area (Å²) in [6, 6.07) is 8.34. The summed E-state index contributed by atoms with van der Waals surface area (Å²) in [4.78, 5) is 3.93. The van der Waals surface area contributed by atoms with E-state index in [9.17, 15) is 0 Å². The first kappa shape index (κ1) is 11.3. The number of benzene rings is 1. The summed E-state index contributed by atoms with van der Waals surface area (Å²) in [6.45, 7) is 1.10. The Morgan fingerprint density at radius 1 is 1.17 bits per heavy atom. The minimum atomic E-state index is 0.817. The van der Waals surface area contributed by atoms with Crippen molar-refractivity contribution >= 4 is 5.69 Å². The Morgan fingerprint density at radius 3 is 2.61 bits per heavy atom. The van der Waals surface area contributed by atoms with Gasteiger partial charge in [0, 0.05) is 17.8 Å². The molecule has 1 aromatic heterocycles. The van der Waals surface area contributed by atoms with E-state index in [4.69, 9.17) is 4.42 Å². The van der Waals surface area contributed by atoms with E-state index in [2.05, 4.69) is 34.6 Å². The zero-order chi connectivity index (χ0) is 12.2. The number of aromatic nitrogens is 1. The average molecular weight is 242 g/mol. The SMILES string of the molecule is c1ncc(-c2ccc(NCC3CCCC3)cc2)o1. The largest absolute Gasteiger partial charge is 0.444 e. The fraction of sp³-hybridized carbons (Fsp3) is 0.400. The predicted molar refractivity (Wildman–Crippen MR) is 72.4 cm³/mol. The molecule has 2 aromatic rings. The third kappa shape index (κ3) is 2.55. The lowest BCUT2D eigenvalue weighted by atomic mass is 10.1. The summed E-state index contributed by atoms with van der Waals surface area (Å²) in [5.41, 5.74) is 2.25. The Balaban J connectivity index is 1.60. The van der Waals surface area contributed by atoms with Crippen LogP contribution in [0.15, 0.2) is 41.3 Å². The van der Waals surface area contributed by atoms with E-state index in [-0.39, 0.29) is 0 Å². The molecule has 0 saturated heterocycles. The fourth-order valence-corrected chi connectivity index (χ4v) is 2.59. The van der Waals surface area contributed by atoms with Crippen molar-refractivity contribution in [2.75, 3.05) is 11.9 Å².